The number of halogens is 1. The summed E-state index contributed by atoms with van der Waals surface area (Å²) in [7, 11) is 2.01. The van der Waals surface area contributed by atoms with Gasteiger partial charge < -0.3 is 14.2 Å². The van der Waals surface area contributed by atoms with E-state index in [1.54, 1.807) is 24.3 Å². The van der Waals surface area contributed by atoms with E-state index in [0.29, 0.717) is 17.3 Å². The third kappa shape index (κ3) is 5.02. The van der Waals surface area contributed by atoms with Crippen molar-refractivity contribution in [3.63, 3.8) is 0 Å². The summed E-state index contributed by atoms with van der Waals surface area (Å²) in [4.78, 5) is 21.7. The average molecular weight is 391 g/mol. The van der Waals surface area contributed by atoms with E-state index in [4.69, 9.17) is 16.3 Å². The normalized spacial score (nSPS) is 16.2. The highest BCUT2D eigenvalue weighted by Gasteiger charge is 2.35. The summed E-state index contributed by atoms with van der Waals surface area (Å²) < 4.78 is 8.00. The van der Waals surface area contributed by atoms with Crippen LogP contribution in [0.1, 0.15) is 26.1 Å². The number of amides is 1. The van der Waals surface area contributed by atoms with Crippen molar-refractivity contribution < 1.29 is 9.53 Å². The number of nitrogens with zero attached hydrogens (tertiary/aromatic N) is 4. The lowest BCUT2D eigenvalue weighted by Crippen LogP contribution is -2.50. The fraction of sp³-hybridized carbons (Fsp3) is 0.500. The smallest absolute Gasteiger partial charge is 0.266 e. The van der Waals surface area contributed by atoms with Crippen molar-refractivity contribution in [3.05, 3.63) is 47.5 Å². The highest BCUT2D eigenvalue weighted by molar-refractivity contribution is 6.30. The first kappa shape index (κ1) is 19.7. The molecule has 1 fully saturated rings. The van der Waals surface area contributed by atoms with Crippen LogP contribution in [0, 0.1) is 0 Å². The van der Waals surface area contributed by atoms with Crippen molar-refractivity contribution in [2.75, 3.05) is 26.2 Å². The van der Waals surface area contributed by atoms with Gasteiger partial charge in [0.1, 0.15) is 11.6 Å². The molecule has 2 aromatic rings. The van der Waals surface area contributed by atoms with E-state index in [2.05, 4.69) is 9.88 Å². The Kier molecular flexibility index (Phi) is 6.07. The molecule has 0 saturated carbocycles. The Balaban J connectivity index is 1.59. The lowest BCUT2D eigenvalue weighted by molar-refractivity contribution is -0.145. The number of rotatable bonds is 5. The molecule has 2 heterocycles. The van der Waals surface area contributed by atoms with Gasteiger partial charge in [-0.1, -0.05) is 11.6 Å². The number of imidazole rings is 1. The van der Waals surface area contributed by atoms with Gasteiger partial charge >= 0.3 is 0 Å². The van der Waals surface area contributed by atoms with Crippen molar-refractivity contribution in [3.8, 4) is 5.75 Å². The van der Waals surface area contributed by atoms with E-state index in [-0.39, 0.29) is 5.91 Å². The first-order valence-corrected chi connectivity index (χ1v) is 9.65. The van der Waals surface area contributed by atoms with E-state index in [1.165, 1.54) is 0 Å². The molecule has 27 heavy (non-hydrogen) atoms. The number of ether oxygens (including phenoxy) is 1. The van der Waals surface area contributed by atoms with Crippen LogP contribution in [0.3, 0.4) is 0 Å². The minimum Gasteiger partial charge on any atom is -0.478 e. The molecule has 1 aromatic heterocycles. The van der Waals surface area contributed by atoms with Crippen molar-refractivity contribution in [2.24, 2.45) is 7.05 Å². The molecule has 1 aromatic carbocycles. The predicted molar refractivity (Wildman–Crippen MR) is 106 cm³/mol. The van der Waals surface area contributed by atoms with E-state index < -0.39 is 5.60 Å². The Hall–Kier alpha value is -2.05. The molecule has 1 aliphatic rings. The van der Waals surface area contributed by atoms with Gasteiger partial charge in [-0.25, -0.2) is 4.98 Å². The van der Waals surface area contributed by atoms with Crippen LogP contribution in [-0.2, 0) is 18.4 Å². The summed E-state index contributed by atoms with van der Waals surface area (Å²) in [6, 6.07) is 7.10. The minimum atomic E-state index is -0.928. The molecule has 0 atom stereocenters. The molecular formula is C20H27ClN4O2. The first-order valence-electron chi connectivity index (χ1n) is 9.28. The quantitative estimate of drug-likeness (QED) is 0.787. The summed E-state index contributed by atoms with van der Waals surface area (Å²) in [6.07, 6.45) is 4.71. The van der Waals surface area contributed by atoms with Crippen LogP contribution in [0.4, 0.5) is 0 Å². The molecule has 6 nitrogen and oxygen atoms in total. The summed E-state index contributed by atoms with van der Waals surface area (Å²) in [5.74, 6) is 1.70. The zero-order valence-electron chi connectivity index (χ0n) is 16.2. The van der Waals surface area contributed by atoms with Gasteiger partial charge in [0.25, 0.3) is 5.91 Å². The van der Waals surface area contributed by atoms with E-state index in [0.717, 1.165) is 38.4 Å². The molecule has 0 N–H and O–H groups in total. The van der Waals surface area contributed by atoms with Crippen LogP contribution >= 0.6 is 11.6 Å². The third-order valence-corrected chi connectivity index (χ3v) is 5.12. The fourth-order valence-electron chi connectivity index (χ4n) is 3.30. The van der Waals surface area contributed by atoms with Gasteiger partial charge in [0, 0.05) is 50.6 Å². The van der Waals surface area contributed by atoms with E-state index in [1.807, 2.05) is 42.8 Å². The van der Waals surface area contributed by atoms with Crippen LogP contribution < -0.4 is 4.74 Å². The Labute approximate surface area is 165 Å². The molecule has 7 heteroatoms. The molecule has 0 aliphatic carbocycles. The topological polar surface area (TPSA) is 50.6 Å². The van der Waals surface area contributed by atoms with Gasteiger partial charge in [0.15, 0.2) is 5.60 Å². The van der Waals surface area contributed by atoms with E-state index >= 15 is 0 Å². The zero-order chi connectivity index (χ0) is 19.4. The maximum Gasteiger partial charge on any atom is 0.266 e. The number of carbonyl (C=O) groups excluding carboxylic acids is 1. The summed E-state index contributed by atoms with van der Waals surface area (Å²) in [5.41, 5.74) is -0.928. The van der Waals surface area contributed by atoms with Crippen LogP contribution in [0.15, 0.2) is 36.7 Å². The lowest BCUT2D eigenvalue weighted by atomic mass is 10.1. The van der Waals surface area contributed by atoms with Crippen molar-refractivity contribution in [1.29, 1.82) is 0 Å². The van der Waals surface area contributed by atoms with Crippen molar-refractivity contribution >= 4 is 17.5 Å². The summed E-state index contributed by atoms with van der Waals surface area (Å²) in [5, 5.41) is 0.645. The predicted octanol–water partition coefficient (Wildman–Crippen LogP) is 2.97. The molecule has 0 bridgehead atoms. The van der Waals surface area contributed by atoms with Gasteiger partial charge in [0.2, 0.25) is 0 Å². The van der Waals surface area contributed by atoms with Gasteiger partial charge in [0.05, 0.1) is 6.54 Å². The minimum absolute atomic E-state index is 0.0105. The van der Waals surface area contributed by atoms with Crippen molar-refractivity contribution in [2.45, 2.75) is 32.4 Å². The molecule has 0 radical (unpaired) electrons. The number of carbonyl (C=O) groups is 1. The highest BCUT2D eigenvalue weighted by atomic mass is 35.5. The van der Waals surface area contributed by atoms with Gasteiger partial charge in [-0.15, -0.1) is 0 Å². The largest absolute Gasteiger partial charge is 0.478 e. The highest BCUT2D eigenvalue weighted by Crippen LogP contribution is 2.23. The summed E-state index contributed by atoms with van der Waals surface area (Å²) >= 11 is 5.92. The fourth-order valence-corrected chi connectivity index (χ4v) is 3.43. The van der Waals surface area contributed by atoms with Crippen LogP contribution in [-0.4, -0.2) is 57.0 Å². The van der Waals surface area contributed by atoms with Crippen LogP contribution in [0.25, 0.3) is 0 Å². The first-order chi connectivity index (χ1) is 12.8. The molecule has 1 saturated heterocycles. The number of aryl methyl sites for hydroxylation is 1. The zero-order valence-corrected chi connectivity index (χ0v) is 16.9. The van der Waals surface area contributed by atoms with Crippen LogP contribution in [0.5, 0.6) is 5.75 Å². The Morgan fingerprint density at radius 2 is 1.93 bits per heavy atom. The monoisotopic (exact) mass is 390 g/mol. The Morgan fingerprint density at radius 1 is 1.19 bits per heavy atom. The van der Waals surface area contributed by atoms with Crippen LogP contribution in [0.2, 0.25) is 5.02 Å². The van der Waals surface area contributed by atoms with Gasteiger partial charge in [-0.3, -0.25) is 9.69 Å². The van der Waals surface area contributed by atoms with E-state index in [9.17, 15) is 4.79 Å². The SMILES string of the molecule is Cn1ccnc1CN1CCCN(C(=O)C(C)(C)Oc2ccc(Cl)cc2)CC1. The second kappa shape index (κ2) is 8.31. The number of aromatic nitrogens is 2. The maximum absolute atomic E-state index is 13.1. The maximum atomic E-state index is 13.1. The number of hydrogen-bond donors (Lipinski definition) is 0. The Morgan fingerprint density at radius 3 is 2.59 bits per heavy atom. The average Bonchev–Trinajstić information content (AvgIpc) is 2.89. The molecule has 1 amide bonds. The molecule has 146 valence electrons. The lowest BCUT2D eigenvalue weighted by Gasteiger charge is -2.32. The number of hydrogen-bond acceptors (Lipinski definition) is 4. The van der Waals surface area contributed by atoms with Crippen molar-refractivity contribution in [1.82, 2.24) is 19.4 Å². The second-order valence-electron chi connectivity index (χ2n) is 7.44. The molecule has 3 rings (SSSR count). The number of benzene rings is 1. The van der Waals surface area contributed by atoms with Gasteiger partial charge in [-0.05, 0) is 44.5 Å². The molecule has 1 aliphatic heterocycles. The molecule has 0 unspecified atom stereocenters. The third-order valence-electron chi connectivity index (χ3n) is 4.86. The summed E-state index contributed by atoms with van der Waals surface area (Å²) in [6.45, 7) is 7.65. The Bertz CT molecular complexity index is 773. The molecule has 0 spiro atoms. The van der Waals surface area contributed by atoms with Gasteiger partial charge in [-0.2, -0.15) is 0 Å². The second-order valence-corrected chi connectivity index (χ2v) is 7.88. The standard InChI is InChI=1S/C20H27ClN4O2/c1-20(2,27-17-7-5-16(21)6-8-17)19(26)25-11-4-10-24(13-14-25)15-18-22-9-12-23(18)3/h5-9,12H,4,10-11,13-15H2,1-3H3. The molecular weight excluding hydrogens is 364 g/mol.